The van der Waals surface area contributed by atoms with Crippen molar-refractivity contribution in [3.8, 4) is 17.3 Å². The summed E-state index contributed by atoms with van der Waals surface area (Å²) in [5.74, 6) is 3.37. The number of ether oxygens (including phenoxy) is 1. The Balaban J connectivity index is 2.67. The van der Waals surface area contributed by atoms with Crippen LogP contribution in [0.15, 0.2) is 18.3 Å². The second kappa shape index (κ2) is 6.10. The van der Waals surface area contributed by atoms with Gasteiger partial charge in [-0.2, -0.15) is 0 Å². The molecule has 0 unspecified atom stereocenters. The fourth-order valence-electron chi connectivity index (χ4n) is 1.20. The first-order valence-electron chi connectivity index (χ1n) is 6.54. The molecule has 0 aliphatic carbocycles. The van der Waals surface area contributed by atoms with Gasteiger partial charge in [-0.05, 0) is 26.8 Å². The molecule has 1 heterocycles. The van der Waals surface area contributed by atoms with Gasteiger partial charge in [0.2, 0.25) is 5.88 Å². The van der Waals surface area contributed by atoms with E-state index in [0.717, 1.165) is 5.56 Å². The summed E-state index contributed by atoms with van der Waals surface area (Å²) in [6.45, 7) is 12.2. The molecule has 108 valence electrons. The third-order valence-electron chi connectivity index (χ3n) is 1.99. The van der Waals surface area contributed by atoms with Crippen LogP contribution in [0.3, 0.4) is 0 Å². The molecule has 0 saturated carbocycles. The van der Waals surface area contributed by atoms with Gasteiger partial charge in [0.1, 0.15) is 8.07 Å². The zero-order chi connectivity index (χ0) is 15.4. The number of carbonyl (C=O) groups is 1. The van der Waals surface area contributed by atoms with E-state index in [1.165, 1.54) is 0 Å². The molecule has 1 aromatic rings. The van der Waals surface area contributed by atoms with Gasteiger partial charge < -0.3 is 10.1 Å². The fraction of sp³-hybridized carbons (Fsp3) is 0.467. The summed E-state index contributed by atoms with van der Waals surface area (Å²) < 4.78 is 5.09. The standard InChI is InChI=1S/C15H22N2O2Si/c1-15(2,3)17-14(18)19-13-8-7-12(11-16-13)9-10-20(4,5)6/h7-8,11H,1-6H3,(H,17,18). The van der Waals surface area contributed by atoms with Crippen molar-refractivity contribution < 1.29 is 9.53 Å². The first-order valence-corrected chi connectivity index (χ1v) is 10.0. The van der Waals surface area contributed by atoms with E-state index in [-0.39, 0.29) is 11.4 Å². The summed E-state index contributed by atoms with van der Waals surface area (Å²) >= 11 is 0. The average molecular weight is 290 g/mol. The molecule has 1 rings (SSSR count). The summed E-state index contributed by atoms with van der Waals surface area (Å²) in [6.07, 6.45) is 1.11. The lowest BCUT2D eigenvalue weighted by atomic mass is 10.1. The average Bonchev–Trinajstić information content (AvgIpc) is 2.24. The summed E-state index contributed by atoms with van der Waals surface area (Å²) in [5, 5.41) is 2.70. The van der Waals surface area contributed by atoms with Crippen molar-refractivity contribution in [3.63, 3.8) is 0 Å². The highest BCUT2D eigenvalue weighted by Gasteiger charge is 2.15. The van der Waals surface area contributed by atoms with E-state index in [1.807, 2.05) is 20.8 Å². The second-order valence-corrected chi connectivity index (χ2v) is 11.4. The van der Waals surface area contributed by atoms with Gasteiger partial charge in [0, 0.05) is 23.4 Å². The van der Waals surface area contributed by atoms with Crippen LogP contribution in [0.1, 0.15) is 26.3 Å². The SMILES string of the molecule is CC(C)(C)NC(=O)Oc1ccc(C#C[Si](C)(C)C)cn1. The molecule has 0 atom stereocenters. The van der Waals surface area contributed by atoms with Crippen LogP contribution in [0.25, 0.3) is 0 Å². The molecular formula is C15H22N2O2Si. The molecule has 20 heavy (non-hydrogen) atoms. The lowest BCUT2D eigenvalue weighted by molar-refractivity contribution is 0.189. The van der Waals surface area contributed by atoms with Gasteiger partial charge in [-0.1, -0.05) is 25.6 Å². The molecule has 0 bridgehead atoms. The maximum Gasteiger partial charge on any atom is 0.414 e. The van der Waals surface area contributed by atoms with Crippen molar-refractivity contribution in [2.45, 2.75) is 46.0 Å². The van der Waals surface area contributed by atoms with Crippen LogP contribution in [0.5, 0.6) is 5.88 Å². The smallest absolute Gasteiger partial charge is 0.391 e. The fourth-order valence-corrected chi connectivity index (χ4v) is 1.72. The van der Waals surface area contributed by atoms with Crippen LogP contribution >= 0.6 is 0 Å². The Morgan fingerprint density at radius 3 is 2.40 bits per heavy atom. The van der Waals surface area contributed by atoms with Crippen LogP contribution in [-0.2, 0) is 0 Å². The second-order valence-electron chi connectivity index (χ2n) is 6.65. The Kier molecular flexibility index (Phi) is 4.96. The molecule has 1 N–H and O–H groups in total. The van der Waals surface area contributed by atoms with Gasteiger partial charge in [0.25, 0.3) is 0 Å². The van der Waals surface area contributed by atoms with Crippen molar-refractivity contribution in [3.05, 3.63) is 23.9 Å². The van der Waals surface area contributed by atoms with E-state index in [9.17, 15) is 4.79 Å². The molecule has 5 heteroatoms. The largest absolute Gasteiger partial charge is 0.414 e. The van der Waals surface area contributed by atoms with E-state index in [1.54, 1.807) is 18.3 Å². The van der Waals surface area contributed by atoms with Crippen LogP contribution in [0.2, 0.25) is 19.6 Å². The zero-order valence-electron chi connectivity index (χ0n) is 13.0. The maximum atomic E-state index is 11.6. The Labute approximate surface area is 122 Å². The number of aromatic nitrogens is 1. The Hall–Kier alpha value is -1.80. The molecule has 0 saturated heterocycles. The van der Waals surface area contributed by atoms with Crippen LogP contribution in [-0.4, -0.2) is 24.7 Å². The first-order chi connectivity index (χ1) is 9.05. The normalized spacial score (nSPS) is 11.3. The maximum absolute atomic E-state index is 11.6. The summed E-state index contributed by atoms with van der Waals surface area (Å²) in [7, 11) is -1.39. The number of hydrogen-bond donors (Lipinski definition) is 1. The van der Waals surface area contributed by atoms with Gasteiger partial charge in [0.05, 0.1) is 0 Å². The quantitative estimate of drug-likeness (QED) is 0.638. The predicted molar refractivity (Wildman–Crippen MR) is 83.4 cm³/mol. The predicted octanol–water partition coefficient (Wildman–Crippen LogP) is 3.20. The highest BCUT2D eigenvalue weighted by molar-refractivity contribution is 6.83. The number of amides is 1. The summed E-state index contributed by atoms with van der Waals surface area (Å²) in [6, 6.07) is 3.45. The van der Waals surface area contributed by atoms with E-state index in [4.69, 9.17) is 4.74 Å². The van der Waals surface area contributed by atoms with E-state index >= 15 is 0 Å². The van der Waals surface area contributed by atoms with Gasteiger partial charge in [-0.15, -0.1) is 5.54 Å². The molecule has 0 aromatic carbocycles. The van der Waals surface area contributed by atoms with E-state index in [0.29, 0.717) is 0 Å². The minimum Gasteiger partial charge on any atom is -0.391 e. The summed E-state index contributed by atoms with van der Waals surface area (Å²) in [4.78, 5) is 15.7. The topological polar surface area (TPSA) is 51.2 Å². The van der Waals surface area contributed by atoms with Crippen molar-refractivity contribution in [2.24, 2.45) is 0 Å². The highest BCUT2D eigenvalue weighted by Crippen LogP contribution is 2.08. The lowest BCUT2D eigenvalue weighted by Crippen LogP contribution is -2.42. The van der Waals surface area contributed by atoms with Gasteiger partial charge in [-0.3, -0.25) is 0 Å². The Morgan fingerprint density at radius 1 is 1.30 bits per heavy atom. The Bertz CT molecular complexity index is 528. The summed E-state index contributed by atoms with van der Waals surface area (Å²) in [5.41, 5.74) is 3.75. The zero-order valence-corrected chi connectivity index (χ0v) is 14.0. The number of nitrogens with zero attached hydrogens (tertiary/aromatic N) is 1. The van der Waals surface area contributed by atoms with Gasteiger partial charge >= 0.3 is 6.09 Å². The third kappa shape index (κ3) is 6.95. The number of pyridine rings is 1. The van der Waals surface area contributed by atoms with Crippen molar-refractivity contribution in [2.75, 3.05) is 0 Å². The van der Waals surface area contributed by atoms with Gasteiger partial charge in [-0.25, -0.2) is 9.78 Å². The van der Waals surface area contributed by atoms with Crippen LogP contribution < -0.4 is 10.1 Å². The monoisotopic (exact) mass is 290 g/mol. The molecule has 1 amide bonds. The molecule has 0 fully saturated rings. The van der Waals surface area contributed by atoms with E-state index in [2.05, 4.69) is 41.4 Å². The Morgan fingerprint density at radius 2 is 1.95 bits per heavy atom. The van der Waals surface area contributed by atoms with Crippen LogP contribution in [0.4, 0.5) is 4.79 Å². The molecule has 0 aliphatic heterocycles. The minimum absolute atomic E-state index is 0.269. The van der Waals surface area contributed by atoms with Crippen molar-refractivity contribution >= 4 is 14.2 Å². The molecule has 1 aromatic heterocycles. The number of hydrogen-bond acceptors (Lipinski definition) is 3. The van der Waals surface area contributed by atoms with Crippen molar-refractivity contribution in [1.82, 2.24) is 10.3 Å². The van der Waals surface area contributed by atoms with E-state index < -0.39 is 14.2 Å². The third-order valence-corrected chi connectivity index (χ3v) is 2.87. The first kappa shape index (κ1) is 16.3. The number of carbonyl (C=O) groups excluding carboxylic acids is 1. The van der Waals surface area contributed by atoms with Crippen LogP contribution in [0, 0.1) is 11.5 Å². The molecule has 0 aliphatic rings. The number of rotatable bonds is 1. The minimum atomic E-state index is -1.39. The molecule has 4 nitrogen and oxygen atoms in total. The highest BCUT2D eigenvalue weighted by atomic mass is 28.3. The molecule has 0 radical (unpaired) electrons. The molecular weight excluding hydrogens is 268 g/mol. The van der Waals surface area contributed by atoms with Crippen molar-refractivity contribution in [1.29, 1.82) is 0 Å². The molecule has 0 spiro atoms. The lowest BCUT2D eigenvalue weighted by Gasteiger charge is -2.19. The number of nitrogens with one attached hydrogen (secondary N) is 1. The van der Waals surface area contributed by atoms with Gasteiger partial charge in [0.15, 0.2) is 0 Å².